The topological polar surface area (TPSA) is 72.8 Å². The first-order valence-electron chi connectivity index (χ1n) is 4.99. The van der Waals surface area contributed by atoms with Crippen molar-refractivity contribution in [1.82, 2.24) is 0 Å². The number of hydrogen-bond donors (Lipinski definition) is 1. The quantitative estimate of drug-likeness (QED) is 0.536. The molecule has 0 saturated carbocycles. The Morgan fingerprint density at radius 2 is 2.00 bits per heavy atom. The highest BCUT2D eigenvalue weighted by Gasteiger charge is 2.28. The van der Waals surface area contributed by atoms with Crippen molar-refractivity contribution in [3.63, 3.8) is 0 Å². The maximum atomic E-state index is 11.8. The lowest BCUT2D eigenvalue weighted by molar-refractivity contribution is -0.146. The summed E-state index contributed by atoms with van der Waals surface area (Å²) in [6.45, 7) is 5.56. The van der Waals surface area contributed by atoms with Gasteiger partial charge in [0.25, 0.3) is 0 Å². The van der Waals surface area contributed by atoms with E-state index in [1.54, 1.807) is 20.8 Å². The molecule has 5 nitrogen and oxygen atoms in total. The number of aliphatic hydroxyl groups is 1. The van der Waals surface area contributed by atoms with Gasteiger partial charge >= 0.3 is 5.97 Å². The lowest BCUT2D eigenvalue weighted by atomic mass is 10.2. The van der Waals surface area contributed by atoms with E-state index in [1.165, 1.54) is 0 Å². The predicted molar refractivity (Wildman–Crippen MR) is 57.0 cm³/mol. The summed E-state index contributed by atoms with van der Waals surface area (Å²) in [6.07, 6.45) is -0.513. The van der Waals surface area contributed by atoms with Gasteiger partial charge in [-0.3, -0.25) is 9.36 Å². The highest BCUT2D eigenvalue weighted by atomic mass is 31.2. The Morgan fingerprint density at radius 3 is 2.40 bits per heavy atom. The maximum absolute atomic E-state index is 11.8. The van der Waals surface area contributed by atoms with E-state index in [4.69, 9.17) is 14.4 Å². The average molecular weight is 238 g/mol. The van der Waals surface area contributed by atoms with Crippen LogP contribution in [0.1, 0.15) is 20.8 Å². The van der Waals surface area contributed by atoms with E-state index in [1.807, 2.05) is 0 Å². The van der Waals surface area contributed by atoms with Crippen LogP contribution in [-0.4, -0.2) is 36.8 Å². The first-order chi connectivity index (χ1) is 6.99. The monoisotopic (exact) mass is 238 g/mol. The second-order valence-electron chi connectivity index (χ2n) is 3.21. The Hall–Kier alpha value is -0.380. The van der Waals surface area contributed by atoms with Gasteiger partial charge in [0.05, 0.1) is 19.1 Å². The van der Waals surface area contributed by atoms with E-state index < -0.39 is 25.6 Å². The third-order valence-electron chi connectivity index (χ3n) is 1.82. The van der Waals surface area contributed by atoms with Gasteiger partial charge in [-0.2, -0.15) is 0 Å². The zero-order chi connectivity index (χ0) is 11.9. The first-order valence-corrected chi connectivity index (χ1v) is 6.98. The summed E-state index contributed by atoms with van der Waals surface area (Å²) in [4.78, 5) is 11.3. The van der Waals surface area contributed by atoms with Crippen LogP contribution < -0.4 is 0 Å². The third kappa shape index (κ3) is 5.30. The molecule has 0 heterocycles. The number of esters is 1. The fourth-order valence-corrected chi connectivity index (χ4v) is 2.92. The normalized spacial score (nSPS) is 16.8. The van der Waals surface area contributed by atoms with Gasteiger partial charge in [-0.05, 0) is 13.8 Å². The summed E-state index contributed by atoms with van der Waals surface area (Å²) in [5.41, 5.74) is 0. The smallest absolute Gasteiger partial charge is 0.309 e. The molecule has 6 heteroatoms. The molecule has 0 spiro atoms. The number of aliphatic hydroxyl groups excluding tert-OH is 1. The van der Waals surface area contributed by atoms with Crippen molar-refractivity contribution in [2.45, 2.75) is 20.8 Å². The molecule has 2 unspecified atom stereocenters. The van der Waals surface area contributed by atoms with Crippen LogP contribution in [0, 0.1) is 5.92 Å². The summed E-state index contributed by atoms with van der Waals surface area (Å²) in [6, 6.07) is 0. The molecule has 0 radical (unpaired) electrons. The third-order valence-corrected chi connectivity index (χ3v) is 4.08. The van der Waals surface area contributed by atoms with Gasteiger partial charge in [0.15, 0.2) is 0 Å². The molecular formula is C9H19O5P. The Kier molecular flexibility index (Phi) is 6.81. The molecule has 0 aromatic carbocycles. The average Bonchev–Trinajstić information content (AvgIpc) is 2.18. The van der Waals surface area contributed by atoms with Crippen molar-refractivity contribution in [3.05, 3.63) is 0 Å². The molecular weight excluding hydrogens is 219 g/mol. The molecule has 0 saturated heterocycles. The minimum Gasteiger partial charge on any atom is -0.466 e. The maximum Gasteiger partial charge on any atom is 0.309 e. The zero-order valence-corrected chi connectivity index (χ0v) is 10.3. The van der Waals surface area contributed by atoms with E-state index in [-0.39, 0.29) is 12.8 Å². The number of carbonyl (C=O) groups is 1. The highest BCUT2D eigenvalue weighted by molar-refractivity contribution is 7.58. The minimum absolute atomic E-state index is 0.0240. The van der Waals surface area contributed by atoms with Gasteiger partial charge in [-0.25, -0.2) is 0 Å². The van der Waals surface area contributed by atoms with Gasteiger partial charge in [-0.1, -0.05) is 6.92 Å². The summed E-state index contributed by atoms with van der Waals surface area (Å²) in [7, 11) is -3.08. The number of hydrogen-bond acceptors (Lipinski definition) is 5. The van der Waals surface area contributed by atoms with Crippen molar-refractivity contribution in [2.24, 2.45) is 5.92 Å². The molecule has 0 aliphatic carbocycles. The van der Waals surface area contributed by atoms with E-state index in [0.717, 1.165) is 0 Å². The van der Waals surface area contributed by atoms with Crippen molar-refractivity contribution >= 4 is 13.3 Å². The van der Waals surface area contributed by atoms with Crippen LogP contribution in [0.4, 0.5) is 0 Å². The van der Waals surface area contributed by atoms with E-state index >= 15 is 0 Å². The molecule has 1 N–H and O–H groups in total. The van der Waals surface area contributed by atoms with Gasteiger partial charge in [0, 0.05) is 6.16 Å². The second-order valence-corrected chi connectivity index (χ2v) is 5.74. The molecule has 90 valence electrons. The standard InChI is InChI=1S/C9H19O5P/c1-4-13-9(11)8(3)6-15(12,7-10)14-5-2/h8,10H,4-7H2,1-3H3. The largest absolute Gasteiger partial charge is 0.466 e. The van der Waals surface area contributed by atoms with Gasteiger partial charge < -0.3 is 14.4 Å². The Morgan fingerprint density at radius 1 is 1.40 bits per heavy atom. The van der Waals surface area contributed by atoms with Crippen LogP contribution in [0.25, 0.3) is 0 Å². The van der Waals surface area contributed by atoms with Crippen molar-refractivity contribution in [3.8, 4) is 0 Å². The summed E-state index contributed by atoms with van der Waals surface area (Å²) in [5, 5.41) is 8.94. The second kappa shape index (κ2) is 6.99. The highest BCUT2D eigenvalue weighted by Crippen LogP contribution is 2.47. The molecule has 15 heavy (non-hydrogen) atoms. The van der Waals surface area contributed by atoms with Crippen LogP contribution in [0.2, 0.25) is 0 Å². The lowest BCUT2D eigenvalue weighted by Gasteiger charge is -2.18. The number of carbonyl (C=O) groups excluding carboxylic acids is 1. The van der Waals surface area contributed by atoms with Crippen LogP contribution in [0.3, 0.4) is 0 Å². The molecule has 0 aliphatic heterocycles. The Bertz CT molecular complexity index is 241. The molecule has 0 aliphatic rings. The summed E-state index contributed by atoms with van der Waals surface area (Å²) >= 11 is 0. The first kappa shape index (κ1) is 14.6. The molecule has 0 amide bonds. The van der Waals surface area contributed by atoms with E-state index in [9.17, 15) is 9.36 Å². The fourth-order valence-electron chi connectivity index (χ4n) is 1.16. The molecule has 0 aromatic rings. The van der Waals surface area contributed by atoms with E-state index in [0.29, 0.717) is 6.61 Å². The summed E-state index contributed by atoms with van der Waals surface area (Å²) < 4.78 is 21.6. The van der Waals surface area contributed by atoms with E-state index in [2.05, 4.69) is 0 Å². The Balaban J connectivity index is 4.29. The van der Waals surface area contributed by atoms with Crippen LogP contribution in [-0.2, 0) is 18.6 Å². The number of rotatable bonds is 7. The molecule has 2 atom stereocenters. The lowest BCUT2D eigenvalue weighted by Crippen LogP contribution is -2.19. The number of ether oxygens (including phenoxy) is 1. The van der Waals surface area contributed by atoms with Crippen molar-refractivity contribution in [2.75, 3.05) is 25.7 Å². The SMILES string of the molecule is CCOC(=O)C(C)CP(=O)(CO)OCC. The molecule has 0 fully saturated rings. The van der Waals surface area contributed by atoms with Crippen molar-refractivity contribution in [1.29, 1.82) is 0 Å². The Labute approximate surface area is 90.2 Å². The van der Waals surface area contributed by atoms with Crippen LogP contribution in [0.5, 0.6) is 0 Å². The van der Waals surface area contributed by atoms with Gasteiger partial charge in [-0.15, -0.1) is 0 Å². The predicted octanol–water partition coefficient (Wildman–Crippen LogP) is 1.45. The van der Waals surface area contributed by atoms with Crippen LogP contribution >= 0.6 is 7.37 Å². The summed E-state index contributed by atoms with van der Waals surface area (Å²) in [5.74, 6) is -0.930. The zero-order valence-electron chi connectivity index (χ0n) is 9.43. The van der Waals surface area contributed by atoms with Gasteiger partial charge in [0.1, 0.15) is 6.35 Å². The molecule has 0 aromatic heterocycles. The minimum atomic E-state index is -3.08. The van der Waals surface area contributed by atoms with Crippen LogP contribution in [0.15, 0.2) is 0 Å². The molecule has 0 rings (SSSR count). The van der Waals surface area contributed by atoms with Crippen molar-refractivity contribution < 1.29 is 23.7 Å². The molecule has 0 bridgehead atoms. The fraction of sp³-hybridized carbons (Fsp3) is 0.889. The van der Waals surface area contributed by atoms with Gasteiger partial charge in [0.2, 0.25) is 7.37 Å².